The standard InChI is InChI=1S/2C7H9.C7H6.CH3.2ClH.Zr/c2*1-6-4-3-5-7(6)2;1-7-5-3-2-4-6-7;;;;/h2*4H,5H2,1-2H3;1-6H;1H3;2*1H;. The fourth-order valence-corrected chi connectivity index (χ4v) is 13.3. The van der Waals surface area contributed by atoms with Crippen LogP contribution in [0.15, 0.2) is 71.3 Å². The second-order valence-electron chi connectivity index (χ2n) is 7.38. The van der Waals surface area contributed by atoms with Crippen LogP contribution in [0.4, 0.5) is 0 Å². The van der Waals surface area contributed by atoms with E-state index in [-0.39, 0.29) is 24.8 Å². The molecule has 0 saturated heterocycles. The largest absolute Gasteiger partial charge is 0.147 e. The minimum absolute atomic E-state index is 0. The summed E-state index contributed by atoms with van der Waals surface area (Å²) in [5, 5.41) is 0. The fourth-order valence-electron chi connectivity index (χ4n) is 3.66. The third kappa shape index (κ3) is 4.62. The smallest absolute Gasteiger partial charge is 0.147 e. The first-order valence-electron chi connectivity index (χ1n) is 8.56. The summed E-state index contributed by atoms with van der Waals surface area (Å²) in [6.07, 6.45) is 7.40. The van der Waals surface area contributed by atoms with E-state index in [1.54, 1.807) is 17.7 Å². The molecule has 0 saturated carbocycles. The summed E-state index contributed by atoms with van der Waals surface area (Å²) in [5.41, 5.74) is 7.50. The molecule has 0 amide bonds. The molecule has 0 N–H and O–H groups in total. The molecular weight excluding hydrogens is 426 g/mol. The van der Waals surface area contributed by atoms with E-state index < -0.39 is 19.8 Å². The van der Waals surface area contributed by atoms with E-state index >= 15 is 0 Å². The van der Waals surface area contributed by atoms with E-state index in [2.05, 4.69) is 78.5 Å². The topological polar surface area (TPSA) is 0 Å². The van der Waals surface area contributed by atoms with Crippen LogP contribution in [0.25, 0.3) is 0 Å². The van der Waals surface area contributed by atoms with Crippen LogP contribution in [0.5, 0.6) is 0 Å². The quantitative estimate of drug-likeness (QED) is 0.455. The Hall–Kier alpha value is -0.487. The van der Waals surface area contributed by atoms with E-state index in [1.165, 1.54) is 29.6 Å². The summed E-state index contributed by atoms with van der Waals surface area (Å²) in [6, 6.07) is 11.0. The van der Waals surface area contributed by atoms with Crippen molar-refractivity contribution in [3.05, 3.63) is 76.9 Å². The van der Waals surface area contributed by atoms with E-state index in [4.69, 9.17) is 0 Å². The second kappa shape index (κ2) is 8.94. The van der Waals surface area contributed by atoms with Gasteiger partial charge in [0.05, 0.1) is 0 Å². The summed E-state index contributed by atoms with van der Waals surface area (Å²) < 4.78 is 8.76. The van der Waals surface area contributed by atoms with Crippen molar-refractivity contribution in [1.29, 1.82) is 0 Å². The summed E-state index contributed by atoms with van der Waals surface area (Å²) in [6.45, 7) is 9.14. The van der Waals surface area contributed by atoms with Gasteiger partial charge in [0, 0.05) is 0 Å². The Morgan fingerprint density at radius 1 is 0.760 bits per heavy atom. The van der Waals surface area contributed by atoms with Crippen molar-refractivity contribution in [2.45, 2.75) is 45.2 Å². The molecule has 0 aromatic heterocycles. The molecule has 2 aliphatic rings. The van der Waals surface area contributed by atoms with Crippen LogP contribution in [-0.4, -0.2) is 3.71 Å². The van der Waals surface area contributed by atoms with Gasteiger partial charge in [-0.15, -0.1) is 24.8 Å². The zero-order valence-electron chi connectivity index (χ0n) is 15.8. The Morgan fingerprint density at radius 3 is 1.56 bits per heavy atom. The molecule has 0 unspecified atom stereocenters. The molecule has 0 heterocycles. The van der Waals surface area contributed by atoms with Gasteiger partial charge in [0.2, 0.25) is 0 Å². The van der Waals surface area contributed by atoms with E-state index in [9.17, 15) is 0 Å². The molecular formula is C22H29Cl2Zr. The van der Waals surface area contributed by atoms with Crippen LogP contribution in [-0.2, 0) is 19.8 Å². The molecule has 0 nitrogen and oxygen atoms in total. The van der Waals surface area contributed by atoms with Crippen molar-refractivity contribution in [2.75, 3.05) is 0 Å². The van der Waals surface area contributed by atoms with Gasteiger partial charge in [0.1, 0.15) is 0 Å². The molecule has 3 rings (SSSR count). The van der Waals surface area contributed by atoms with Crippen LogP contribution in [0, 0.1) is 0 Å². The molecule has 0 radical (unpaired) electrons. The summed E-state index contributed by atoms with van der Waals surface area (Å²) in [7, 11) is 0. The van der Waals surface area contributed by atoms with Crippen LogP contribution < -0.4 is 0 Å². The Labute approximate surface area is 169 Å². The zero-order chi connectivity index (χ0) is 16.6. The summed E-state index contributed by atoms with van der Waals surface area (Å²) >= 11 is -2.69. The summed E-state index contributed by atoms with van der Waals surface area (Å²) in [5.74, 6) is 0. The van der Waals surface area contributed by atoms with Gasteiger partial charge in [-0.3, -0.25) is 0 Å². The average Bonchev–Trinajstić information content (AvgIpc) is 3.04. The van der Waals surface area contributed by atoms with Gasteiger partial charge in [0.15, 0.2) is 0 Å². The van der Waals surface area contributed by atoms with E-state index in [1.807, 2.05) is 0 Å². The van der Waals surface area contributed by atoms with E-state index in [0.717, 1.165) is 0 Å². The maximum atomic E-state index is 2.67. The molecule has 1 aromatic carbocycles. The Kier molecular flexibility index (Phi) is 8.06. The SMILES string of the molecule is CC1=C(C)C[C]([Zr]([CH3])(=[CH]c2ccccc2)[C]2=CC(C)=C(C)C2)=C1.Cl.Cl. The van der Waals surface area contributed by atoms with Crippen molar-refractivity contribution in [2.24, 2.45) is 0 Å². The molecule has 0 spiro atoms. The fraction of sp³-hybridized carbons (Fsp3) is 0.318. The third-order valence-electron chi connectivity index (χ3n) is 5.63. The van der Waals surface area contributed by atoms with Gasteiger partial charge in [-0.1, -0.05) is 0 Å². The molecule has 1 aromatic rings. The summed E-state index contributed by atoms with van der Waals surface area (Å²) in [4.78, 5) is 0. The average molecular weight is 456 g/mol. The first kappa shape index (κ1) is 22.6. The number of hydrogen-bond donors (Lipinski definition) is 0. The van der Waals surface area contributed by atoms with Crippen LogP contribution in [0.2, 0.25) is 4.63 Å². The molecule has 0 atom stereocenters. The minimum atomic E-state index is -2.69. The molecule has 3 heteroatoms. The first-order chi connectivity index (χ1) is 10.9. The molecule has 135 valence electrons. The molecule has 0 aliphatic heterocycles. The van der Waals surface area contributed by atoms with Crippen molar-refractivity contribution < 1.29 is 19.8 Å². The Bertz CT molecular complexity index is 775. The van der Waals surface area contributed by atoms with Gasteiger partial charge < -0.3 is 0 Å². The van der Waals surface area contributed by atoms with Crippen LogP contribution in [0.3, 0.4) is 0 Å². The first-order valence-corrected chi connectivity index (χ1v) is 14.9. The van der Waals surface area contributed by atoms with Crippen LogP contribution in [0.1, 0.15) is 46.1 Å². The van der Waals surface area contributed by atoms with Crippen molar-refractivity contribution in [3.8, 4) is 0 Å². The molecule has 25 heavy (non-hydrogen) atoms. The van der Waals surface area contributed by atoms with Crippen molar-refractivity contribution in [1.82, 2.24) is 0 Å². The van der Waals surface area contributed by atoms with Gasteiger partial charge in [-0.2, -0.15) is 0 Å². The van der Waals surface area contributed by atoms with E-state index in [0.29, 0.717) is 0 Å². The Morgan fingerprint density at radius 2 is 1.20 bits per heavy atom. The third-order valence-corrected chi connectivity index (χ3v) is 16.0. The normalized spacial score (nSPS) is 17.0. The monoisotopic (exact) mass is 453 g/mol. The number of allylic oxidation sites excluding steroid dienone is 8. The number of benzene rings is 1. The number of halogens is 2. The second-order valence-corrected chi connectivity index (χ2v) is 17.2. The maximum Gasteiger partial charge on any atom is -0.147 e. The maximum absolute atomic E-state index is 2.69. The predicted octanol–water partition coefficient (Wildman–Crippen LogP) is 7.13. The van der Waals surface area contributed by atoms with Gasteiger partial charge >= 0.3 is 146 Å². The van der Waals surface area contributed by atoms with Crippen molar-refractivity contribution >= 4 is 28.5 Å². The molecule has 0 fully saturated rings. The predicted molar refractivity (Wildman–Crippen MR) is 114 cm³/mol. The van der Waals surface area contributed by atoms with Gasteiger partial charge in [-0.25, -0.2) is 0 Å². The molecule has 0 bridgehead atoms. The Balaban J connectivity index is 0.00000156. The van der Waals surface area contributed by atoms with Crippen molar-refractivity contribution in [3.63, 3.8) is 0 Å². The van der Waals surface area contributed by atoms with Gasteiger partial charge in [0.25, 0.3) is 0 Å². The number of rotatable bonds is 3. The minimum Gasteiger partial charge on any atom is -0.147 e. The zero-order valence-corrected chi connectivity index (χ0v) is 19.9. The molecule has 2 aliphatic carbocycles. The van der Waals surface area contributed by atoms with Crippen LogP contribution >= 0.6 is 24.8 Å². The van der Waals surface area contributed by atoms with Gasteiger partial charge in [-0.05, 0) is 0 Å². The number of hydrogen-bond acceptors (Lipinski definition) is 0.